The van der Waals surface area contributed by atoms with Crippen molar-refractivity contribution in [3.63, 3.8) is 0 Å². The second-order valence-electron chi connectivity index (χ2n) is 16.5. The van der Waals surface area contributed by atoms with Crippen LogP contribution in [0.5, 0.6) is 0 Å². The van der Waals surface area contributed by atoms with Gasteiger partial charge in [0.25, 0.3) is 0 Å². The maximum Gasteiger partial charge on any atom is 0.135 e. The minimum atomic E-state index is -0.442. The lowest BCUT2D eigenvalue weighted by molar-refractivity contribution is 0.669. The van der Waals surface area contributed by atoms with Crippen LogP contribution in [0.2, 0.25) is 0 Å². The Morgan fingerprint density at radius 3 is 1.85 bits per heavy atom. The van der Waals surface area contributed by atoms with Crippen molar-refractivity contribution < 1.29 is 4.42 Å². The largest absolute Gasteiger partial charge is 0.456 e. The van der Waals surface area contributed by atoms with Crippen molar-refractivity contribution >= 4 is 49.2 Å². The van der Waals surface area contributed by atoms with Gasteiger partial charge in [0.05, 0.1) is 11.5 Å². The highest BCUT2D eigenvalue weighted by atomic mass is 79.9. The smallest absolute Gasteiger partial charge is 0.135 e. The summed E-state index contributed by atoms with van der Waals surface area (Å²) in [5.74, 6) is 0. The Morgan fingerprint density at radius 2 is 1.05 bits per heavy atom. The van der Waals surface area contributed by atoms with Gasteiger partial charge in [0.1, 0.15) is 11.2 Å². The van der Waals surface area contributed by atoms with Crippen LogP contribution in [0, 0.1) is 0 Å². The molecular formula is C57H36BrNO. The van der Waals surface area contributed by atoms with Crippen molar-refractivity contribution in [2.75, 3.05) is 4.90 Å². The zero-order valence-electron chi connectivity index (χ0n) is 32.6. The second kappa shape index (κ2) is 12.8. The normalized spacial score (nSPS) is 15.3. The number of para-hydroxylation sites is 3. The first-order valence-electron chi connectivity index (χ1n) is 20.8. The Hall–Kier alpha value is -6.94. The molecule has 0 fully saturated rings. The number of hydrogen-bond acceptors (Lipinski definition) is 2. The van der Waals surface area contributed by atoms with Gasteiger partial charge in [0.2, 0.25) is 0 Å². The molecule has 2 heterocycles. The lowest BCUT2D eigenvalue weighted by Crippen LogP contribution is -2.25. The first-order valence-corrected chi connectivity index (χ1v) is 21.6. The van der Waals surface area contributed by atoms with E-state index in [4.69, 9.17) is 4.42 Å². The average Bonchev–Trinajstić information content (AvgIpc) is 4.04. The standard InChI is InChI=1S/C57H36BrNO/c58-41-24-26-46-45-25-22-36(32-51(45)57(52(46)34-41)49-18-8-5-15-43(49)44-16-6-9-19-50(44)57)39-28-38(35-23-27-56-48(31-35)47-17-7-11-21-55(47)60-56)29-40(30-39)54-33-37-12-4-10-20-53(37)59(54)42-13-2-1-3-14-42/h1-32,34,54H,33H2. The Bertz CT molecular complexity index is 3350. The summed E-state index contributed by atoms with van der Waals surface area (Å²) in [5.41, 5.74) is 21.9. The fourth-order valence-electron chi connectivity index (χ4n) is 10.9. The molecule has 1 atom stereocenters. The number of furan rings is 1. The third-order valence-electron chi connectivity index (χ3n) is 13.4. The van der Waals surface area contributed by atoms with E-state index >= 15 is 0 Å². The maximum atomic E-state index is 6.30. The van der Waals surface area contributed by atoms with Crippen LogP contribution < -0.4 is 4.90 Å². The van der Waals surface area contributed by atoms with E-state index in [0.29, 0.717) is 0 Å². The van der Waals surface area contributed by atoms with Crippen molar-refractivity contribution in [1.29, 1.82) is 0 Å². The van der Waals surface area contributed by atoms with E-state index in [-0.39, 0.29) is 6.04 Å². The van der Waals surface area contributed by atoms with Crippen LogP contribution in [0.25, 0.3) is 66.4 Å². The van der Waals surface area contributed by atoms with Crippen LogP contribution in [0.4, 0.5) is 11.4 Å². The van der Waals surface area contributed by atoms with Gasteiger partial charge in [-0.3, -0.25) is 0 Å². The van der Waals surface area contributed by atoms with E-state index in [0.717, 1.165) is 32.8 Å². The van der Waals surface area contributed by atoms with Crippen LogP contribution in [0.1, 0.15) is 39.4 Å². The van der Waals surface area contributed by atoms with Gasteiger partial charge < -0.3 is 9.32 Å². The molecular weight excluding hydrogens is 795 g/mol. The molecule has 1 aliphatic heterocycles. The summed E-state index contributed by atoms with van der Waals surface area (Å²) in [5, 5.41) is 2.27. The summed E-state index contributed by atoms with van der Waals surface area (Å²) < 4.78 is 7.40. The molecule has 0 amide bonds. The summed E-state index contributed by atoms with van der Waals surface area (Å²) in [6, 6.07) is 74.4. The van der Waals surface area contributed by atoms with E-state index < -0.39 is 5.41 Å². The van der Waals surface area contributed by atoms with Gasteiger partial charge in [-0.15, -0.1) is 0 Å². The third kappa shape index (κ3) is 4.75. The number of hydrogen-bond donors (Lipinski definition) is 0. The molecule has 3 aliphatic rings. The van der Waals surface area contributed by atoms with E-state index in [1.165, 1.54) is 89.3 Å². The SMILES string of the molecule is Brc1ccc2c(c1)C1(c3ccccc3-c3ccccc31)c1cc(-c3cc(-c4ccc5oc6ccccc6c5c4)cc(C4Cc5ccccc5N4c4ccccc4)c3)ccc1-2. The van der Waals surface area contributed by atoms with Gasteiger partial charge in [0.15, 0.2) is 0 Å². The molecule has 1 spiro atoms. The van der Waals surface area contributed by atoms with Crippen molar-refractivity contribution in [3.8, 4) is 44.5 Å². The van der Waals surface area contributed by atoms with E-state index in [1.807, 2.05) is 6.07 Å². The van der Waals surface area contributed by atoms with Crippen molar-refractivity contribution in [2.45, 2.75) is 17.9 Å². The van der Waals surface area contributed by atoms with Gasteiger partial charge >= 0.3 is 0 Å². The van der Waals surface area contributed by atoms with Crippen molar-refractivity contribution in [1.82, 2.24) is 0 Å². The fourth-order valence-corrected chi connectivity index (χ4v) is 11.3. The number of nitrogens with zero attached hydrogens (tertiary/aromatic N) is 1. The van der Waals surface area contributed by atoms with Crippen LogP contribution in [-0.4, -0.2) is 0 Å². The van der Waals surface area contributed by atoms with Crippen molar-refractivity contribution in [2.24, 2.45) is 0 Å². The van der Waals surface area contributed by atoms with Gasteiger partial charge in [-0.25, -0.2) is 0 Å². The summed E-state index contributed by atoms with van der Waals surface area (Å²) in [7, 11) is 0. The van der Waals surface area contributed by atoms with Gasteiger partial charge in [-0.2, -0.15) is 0 Å². The van der Waals surface area contributed by atoms with Crippen molar-refractivity contribution in [3.05, 3.63) is 238 Å². The predicted octanol–water partition coefficient (Wildman–Crippen LogP) is 15.5. The van der Waals surface area contributed by atoms with E-state index in [9.17, 15) is 0 Å². The number of fused-ring (bicyclic) bond motifs is 14. The molecule has 1 unspecified atom stereocenters. The minimum absolute atomic E-state index is 0.109. The molecule has 10 aromatic rings. The summed E-state index contributed by atoms with van der Waals surface area (Å²) in [6.45, 7) is 0. The van der Waals surface area contributed by atoms with Crippen LogP contribution >= 0.6 is 15.9 Å². The molecule has 282 valence electrons. The molecule has 9 aromatic carbocycles. The predicted molar refractivity (Wildman–Crippen MR) is 250 cm³/mol. The molecule has 0 saturated heterocycles. The maximum absolute atomic E-state index is 6.30. The first kappa shape index (κ1) is 34.0. The highest BCUT2D eigenvalue weighted by Crippen LogP contribution is 2.63. The Kier molecular flexibility index (Phi) is 7.24. The Morgan fingerprint density at radius 1 is 0.450 bits per heavy atom. The van der Waals surface area contributed by atoms with Crippen LogP contribution in [-0.2, 0) is 11.8 Å². The molecule has 1 aromatic heterocycles. The highest BCUT2D eigenvalue weighted by molar-refractivity contribution is 9.10. The zero-order valence-corrected chi connectivity index (χ0v) is 34.2. The highest BCUT2D eigenvalue weighted by Gasteiger charge is 2.51. The molecule has 2 nitrogen and oxygen atoms in total. The lowest BCUT2D eigenvalue weighted by atomic mass is 9.70. The number of halogens is 1. The number of benzene rings is 9. The Balaban J connectivity index is 1.06. The monoisotopic (exact) mass is 829 g/mol. The van der Waals surface area contributed by atoms with E-state index in [2.05, 4.69) is 215 Å². The molecule has 2 aliphatic carbocycles. The van der Waals surface area contributed by atoms with Gasteiger partial charge in [-0.05, 0) is 157 Å². The second-order valence-corrected chi connectivity index (χ2v) is 17.4. The molecule has 13 rings (SSSR count). The quantitative estimate of drug-likeness (QED) is 0.176. The molecule has 0 radical (unpaired) electrons. The Labute approximate surface area is 357 Å². The van der Waals surface area contributed by atoms with E-state index in [1.54, 1.807) is 0 Å². The third-order valence-corrected chi connectivity index (χ3v) is 13.9. The average molecular weight is 831 g/mol. The minimum Gasteiger partial charge on any atom is -0.456 e. The number of rotatable bonds is 4. The van der Waals surface area contributed by atoms with Gasteiger partial charge in [-0.1, -0.05) is 143 Å². The summed E-state index contributed by atoms with van der Waals surface area (Å²) in [6.07, 6.45) is 0.921. The van der Waals surface area contributed by atoms with Crippen LogP contribution in [0.3, 0.4) is 0 Å². The molecule has 60 heavy (non-hydrogen) atoms. The fraction of sp³-hybridized carbons (Fsp3) is 0.0526. The lowest BCUT2D eigenvalue weighted by Gasteiger charge is -2.31. The summed E-state index contributed by atoms with van der Waals surface area (Å²) >= 11 is 3.89. The summed E-state index contributed by atoms with van der Waals surface area (Å²) in [4.78, 5) is 2.55. The topological polar surface area (TPSA) is 16.4 Å². The zero-order chi connectivity index (χ0) is 39.5. The molecule has 0 saturated carbocycles. The first-order chi connectivity index (χ1) is 29.6. The van der Waals surface area contributed by atoms with Crippen LogP contribution in [0.15, 0.2) is 209 Å². The molecule has 0 bridgehead atoms. The van der Waals surface area contributed by atoms with Gasteiger partial charge in [0, 0.05) is 26.6 Å². The molecule has 3 heteroatoms. The molecule has 0 N–H and O–H groups in total. The number of anilines is 2.